The molecule has 0 saturated heterocycles. The normalized spacial score (nSPS) is 10.9. The van der Waals surface area contributed by atoms with Crippen molar-refractivity contribution in [3.05, 3.63) is 23.5 Å². The van der Waals surface area contributed by atoms with E-state index in [2.05, 4.69) is 25.7 Å². The minimum atomic E-state index is -4.82. The van der Waals surface area contributed by atoms with E-state index in [1.807, 2.05) is 0 Å². The molecule has 0 atom stereocenters. The number of hydrogen-bond acceptors (Lipinski definition) is 3. The predicted octanol–water partition coefficient (Wildman–Crippen LogP) is 2.75. The fraction of sp³-hybridized carbons (Fsp3) is 0.250. The number of alkyl halides is 4. The lowest BCUT2D eigenvalue weighted by Crippen LogP contribution is -2.18. The molecule has 0 radical (unpaired) electrons. The number of halogens is 4. The average Bonchev–Trinajstić information content (AvgIpc) is 2.16. The SMILES string of the molecule is N#Cc1cc(CBr)ncc1OC(F)(F)F. The molecule has 1 rings (SSSR count). The summed E-state index contributed by atoms with van der Waals surface area (Å²) in [5.74, 6) is -0.588. The minimum absolute atomic E-state index is 0.197. The monoisotopic (exact) mass is 280 g/mol. The Kier molecular flexibility index (Phi) is 3.52. The van der Waals surface area contributed by atoms with Gasteiger partial charge in [0.2, 0.25) is 0 Å². The van der Waals surface area contributed by atoms with Crippen LogP contribution in [0, 0.1) is 11.3 Å². The van der Waals surface area contributed by atoms with Gasteiger partial charge >= 0.3 is 6.36 Å². The Hall–Kier alpha value is -1.29. The molecule has 7 heteroatoms. The lowest BCUT2D eigenvalue weighted by atomic mass is 10.2. The molecule has 0 aromatic carbocycles. The first-order chi connectivity index (χ1) is 6.96. The van der Waals surface area contributed by atoms with Crippen LogP contribution in [0.4, 0.5) is 13.2 Å². The van der Waals surface area contributed by atoms with Crippen molar-refractivity contribution < 1.29 is 17.9 Å². The quantitative estimate of drug-likeness (QED) is 0.783. The zero-order valence-electron chi connectivity index (χ0n) is 7.18. The van der Waals surface area contributed by atoms with Gasteiger partial charge in [-0.15, -0.1) is 13.2 Å². The molecule has 0 aliphatic carbocycles. The van der Waals surface area contributed by atoms with Gasteiger partial charge in [-0.05, 0) is 6.07 Å². The summed E-state index contributed by atoms with van der Waals surface area (Å²) in [6.07, 6.45) is -3.94. The maximum Gasteiger partial charge on any atom is 0.573 e. The van der Waals surface area contributed by atoms with E-state index in [0.717, 1.165) is 6.20 Å². The summed E-state index contributed by atoms with van der Waals surface area (Å²) in [7, 11) is 0. The summed E-state index contributed by atoms with van der Waals surface area (Å²) in [5.41, 5.74) is 0.262. The fourth-order valence-electron chi connectivity index (χ4n) is 0.853. The van der Waals surface area contributed by atoms with E-state index < -0.39 is 12.1 Å². The van der Waals surface area contributed by atoms with Gasteiger partial charge < -0.3 is 4.74 Å². The molecule has 0 amide bonds. The van der Waals surface area contributed by atoms with E-state index in [1.54, 1.807) is 6.07 Å². The summed E-state index contributed by atoms with van der Waals surface area (Å²) < 4.78 is 39.2. The summed E-state index contributed by atoms with van der Waals surface area (Å²) in [4.78, 5) is 3.67. The molecule has 0 aliphatic heterocycles. The lowest BCUT2D eigenvalue weighted by molar-refractivity contribution is -0.274. The zero-order chi connectivity index (χ0) is 11.5. The van der Waals surface area contributed by atoms with E-state index in [-0.39, 0.29) is 5.56 Å². The molecule has 0 fully saturated rings. The molecule has 0 unspecified atom stereocenters. The van der Waals surface area contributed by atoms with E-state index in [4.69, 9.17) is 5.26 Å². The highest BCUT2D eigenvalue weighted by Gasteiger charge is 2.32. The number of nitrogens with zero attached hydrogens (tertiary/aromatic N) is 2. The summed E-state index contributed by atoms with van der Waals surface area (Å²) in [5, 5.41) is 8.95. The maximum absolute atomic E-state index is 11.9. The highest BCUT2D eigenvalue weighted by atomic mass is 79.9. The molecule has 0 aliphatic rings. The Labute approximate surface area is 91.6 Å². The smallest absolute Gasteiger partial charge is 0.403 e. The molecule has 1 heterocycles. The summed E-state index contributed by atoms with van der Waals surface area (Å²) >= 11 is 3.07. The highest BCUT2D eigenvalue weighted by Crippen LogP contribution is 2.25. The van der Waals surface area contributed by atoms with Crippen molar-refractivity contribution in [1.82, 2.24) is 4.98 Å². The molecular formula is C8H4BrF3N2O. The van der Waals surface area contributed by atoms with E-state index in [9.17, 15) is 13.2 Å². The lowest BCUT2D eigenvalue weighted by Gasteiger charge is -2.09. The first kappa shape index (κ1) is 11.8. The molecule has 80 valence electrons. The maximum atomic E-state index is 11.9. The molecule has 0 spiro atoms. The zero-order valence-corrected chi connectivity index (χ0v) is 8.76. The predicted molar refractivity (Wildman–Crippen MR) is 48.3 cm³/mol. The van der Waals surface area contributed by atoms with Crippen LogP contribution >= 0.6 is 15.9 Å². The summed E-state index contributed by atoms with van der Waals surface area (Å²) in [6, 6.07) is 2.84. The van der Waals surface area contributed by atoms with Crippen molar-refractivity contribution in [2.24, 2.45) is 0 Å². The summed E-state index contributed by atoms with van der Waals surface area (Å²) in [6.45, 7) is 0. The molecule has 3 nitrogen and oxygen atoms in total. The number of aromatic nitrogens is 1. The van der Waals surface area contributed by atoms with Crippen molar-refractivity contribution >= 4 is 15.9 Å². The van der Waals surface area contributed by atoms with Gasteiger partial charge in [0, 0.05) is 5.33 Å². The van der Waals surface area contributed by atoms with Gasteiger partial charge in [0.05, 0.1) is 17.5 Å². The van der Waals surface area contributed by atoms with Crippen molar-refractivity contribution in [2.45, 2.75) is 11.7 Å². The Balaban J connectivity index is 3.04. The topological polar surface area (TPSA) is 45.9 Å². The van der Waals surface area contributed by atoms with Crippen molar-refractivity contribution in [3.63, 3.8) is 0 Å². The standard InChI is InChI=1S/C8H4BrF3N2O/c9-2-6-1-5(3-13)7(4-14-6)15-8(10,11)12/h1,4H,2H2. The average molecular weight is 281 g/mol. The van der Waals surface area contributed by atoms with Gasteiger partial charge in [-0.1, -0.05) is 15.9 Å². The van der Waals surface area contributed by atoms with Crippen molar-refractivity contribution in [1.29, 1.82) is 5.26 Å². The third-order valence-corrected chi connectivity index (χ3v) is 1.98. The van der Waals surface area contributed by atoms with Crippen LogP contribution in [-0.4, -0.2) is 11.3 Å². The van der Waals surface area contributed by atoms with Crippen molar-refractivity contribution in [2.75, 3.05) is 0 Å². The van der Waals surface area contributed by atoms with Gasteiger partial charge in [-0.3, -0.25) is 4.98 Å². The molecule has 1 aromatic heterocycles. The van der Waals surface area contributed by atoms with Crippen LogP contribution < -0.4 is 4.74 Å². The van der Waals surface area contributed by atoms with Crippen LogP contribution in [0.1, 0.15) is 11.3 Å². The Bertz CT molecular complexity index is 400. The fourth-order valence-corrected chi connectivity index (χ4v) is 1.16. The van der Waals surface area contributed by atoms with Crippen LogP contribution in [0.5, 0.6) is 5.75 Å². The third kappa shape index (κ3) is 3.40. The molecule has 0 bridgehead atoms. The second-order valence-electron chi connectivity index (χ2n) is 2.47. The largest absolute Gasteiger partial charge is 0.573 e. The van der Waals surface area contributed by atoms with Gasteiger partial charge in [0.15, 0.2) is 5.75 Å². The number of hydrogen-bond donors (Lipinski definition) is 0. The van der Waals surface area contributed by atoms with E-state index in [0.29, 0.717) is 11.0 Å². The van der Waals surface area contributed by atoms with Gasteiger partial charge in [-0.2, -0.15) is 5.26 Å². The second kappa shape index (κ2) is 4.49. The van der Waals surface area contributed by atoms with Crippen LogP contribution in [0.2, 0.25) is 0 Å². The first-order valence-electron chi connectivity index (χ1n) is 3.67. The first-order valence-corrected chi connectivity index (χ1v) is 4.79. The van der Waals surface area contributed by atoms with E-state index in [1.165, 1.54) is 6.07 Å². The molecule has 15 heavy (non-hydrogen) atoms. The highest BCUT2D eigenvalue weighted by molar-refractivity contribution is 9.08. The Morgan fingerprint density at radius 2 is 2.20 bits per heavy atom. The third-order valence-electron chi connectivity index (χ3n) is 1.41. The minimum Gasteiger partial charge on any atom is -0.403 e. The molecule has 0 N–H and O–H groups in total. The molecule has 0 saturated carbocycles. The number of ether oxygens (including phenoxy) is 1. The van der Waals surface area contributed by atoms with Gasteiger partial charge in [-0.25, -0.2) is 0 Å². The Morgan fingerprint density at radius 1 is 1.53 bits per heavy atom. The number of nitriles is 1. The second-order valence-corrected chi connectivity index (χ2v) is 3.03. The van der Waals surface area contributed by atoms with Crippen molar-refractivity contribution in [3.8, 4) is 11.8 Å². The number of pyridine rings is 1. The van der Waals surface area contributed by atoms with Crippen LogP contribution in [0.3, 0.4) is 0 Å². The van der Waals surface area contributed by atoms with Crippen LogP contribution in [0.25, 0.3) is 0 Å². The molecular weight excluding hydrogens is 277 g/mol. The van der Waals surface area contributed by atoms with Gasteiger partial charge in [0.25, 0.3) is 0 Å². The number of rotatable bonds is 2. The molecule has 1 aromatic rings. The Morgan fingerprint density at radius 3 is 2.67 bits per heavy atom. The van der Waals surface area contributed by atoms with Gasteiger partial charge in [0.1, 0.15) is 6.07 Å². The van der Waals surface area contributed by atoms with Crippen LogP contribution in [0.15, 0.2) is 12.3 Å². The van der Waals surface area contributed by atoms with E-state index >= 15 is 0 Å². The van der Waals surface area contributed by atoms with Crippen LogP contribution in [-0.2, 0) is 5.33 Å².